The van der Waals surface area contributed by atoms with Crippen LogP contribution in [0.3, 0.4) is 0 Å². The second-order valence-electron chi connectivity index (χ2n) is 9.40. The van der Waals surface area contributed by atoms with E-state index < -0.39 is 0 Å². The molecule has 31 heavy (non-hydrogen) atoms. The van der Waals surface area contributed by atoms with Crippen molar-refractivity contribution in [2.45, 2.75) is 56.3 Å². The van der Waals surface area contributed by atoms with Gasteiger partial charge >= 0.3 is 0 Å². The summed E-state index contributed by atoms with van der Waals surface area (Å²) < 4.78 is 14.6. The topological polar surface area (TPSA) is 95.4 Å². The molecule has 2 saturated heterocycles. The molecule has 0 radical (unpaired) electrons. The van der Waals surface area contributed by atoms with E-state index in [1.807, 2.05) is 12.1 Å². The molecular formula is C24H28N4O3. The quantitative estimate of drug-likeness (QED) is 0.631. The highest BCUT2D eigenvalue weighted by molar-refractivity contribution is 6.00. The molecule has 0 unspecified atom stereocenters. The van der Waals surface area contributed by atoms with E-state index in [1.54, 1.807) is 0 Å². The van der Waals surface area contributed by atoms with Crippen LogP contribution in [0.15, 0.2) is 36.8 Å². The number of nitrogens with two attached hydrogens (primary N) is 1. The molecule has 1 saturated carbocycles. The van der Waals surface area contributed by atoms with Gasteiger partial charge in [0.05, 0.1) is 11.5 Å². The SMILES string of the molecule is Nc1ncnc2c1c(-c1cccc(OC[C@]34CC[C@@H](CC3)O4)c1)cn2C1CC(CO)C1. The highest BCUT2D eigenvalue weighted by atomic mass is 16.6. The summed E-state index contributed by atoms with van der Waals surface area (Å²) in [4.78, 5) is 8.78. The van der Waals surface area contributed by atoms with E-state index in [0.717, 1.165) is 66.4 Å². The summed E-state index contributed by atoms with van der Waals surface area (Å²) in [6.07, 6.45) is 10.5. The van der Waals surface area contributed by atoms with Crippen molar-refractivity contribution in [2.24, 2.45) is 5.92 Å². The lowest BCUT2D eigenvalue weighted by molar-refractivity contribution is -0.0198. The van der Waals surface area contributed by atoms with Crippen LogP contribution in [-0.4, -0.2) is 44.6 Å². The van der Waals surface area contributed by atoms with Crippen LogP contribution in [0.2, 0.25) is 0 Å². The highest BCUT2D eigenvalue weighted by Gasteiger charge is 2.46. The van der Waals surface area contributed by atoms with Gasteiger partial charge in [-0.3, -0.25) is 0 Å². The van der Waals surface area contributed by atoms with Crippen LogP contribution in [0.5, 0.6) is 5.75 Å². The fourth-order valence-electron chi connectivity index (χ4n) is 5.54. The third-order valence-electron chi connectivity index (χ3n) is 7.41. The van der Waals surface area contributed by atoms with Crippen molar-refractivity contribution in [2.75, 3.05) is 18.9 Å². The zero-order valence-corrected chi connectivity index (χ0v) is 17.5. The predicted molar refractivity (Wildman–Crippen MR) is 118 cm³/mol. The van der Waals surface area contributed by atoms with E-state index in [4.69, 9.17) is 15.2 Å². The average molecular weight is 421 g/mol. The molecule has 2 aliphatic heterocycles. The van der Waals surface area contributed by atoms with Gasteiger partial charge in [0, 0.05) is 24.4 Å². The molecule has 0 atom stereocenters. The highest BCUT2D eigenvalue weighted by Crippen LogP contribution is 2.45. The fourth-order valence-corrected chi connectivity index (χ4v) is 5.54. The standard InChI is InChI=1S/C24H28N4O3/c25-22-21-20(11-28(23(21)27-14-26-22)17-8-15(9-17)12-29)16-2-1-3-19(10-16)30-13-24-6-4-18(31-24)5-7-24/h1-3,10-11,14-15,17-18,29H,4-9,12-13H2,(H2,25,26,27)/t15?,17?,18-,24-. The van der Waals surface area contributed by atoms with E-state index in [1.165, 1.54) is 6.33 Å². The van der Waals surface area contributed by atoms with Crippen LogP contribution in [0.25, 0.3) is 22.2 Å². The number of benzene rings is 1. The Morgan fingerprint density at radius 1 is 1.23 bits per heavy atom. The lowest BCUT2D eigenvalue weighted by Gasteiger charge is -2.35. The zero-order chi connectivity index (χ0) is 21.0. The van der Waals surface area contributed by atoms with Crippen molar-refractivity contribution in [3.63, 3.8) is 0 Å². The number of aliphatic hydroxyl groups is 1. The molecule has 3 aliphatic rings. The molecule has 7 nitrogen and oxygen atoms in total. The number of nitrogen functional groups attached to an aromatic ring is 1. The third-order valence-corrected chi connectivity index (χ3v) is 7.41. The molecule has 0 spiro atoms. The lowest BCUT2D eigenvalue weighted by Crippen LogP contribution is -2.32. The molecule has 1 aromatic carbocycles. The molecule has 2 bridgehead atoms. The minimum Gasteiger partial charge on any atom is -0.491 e. The lowest BCUT2D eigenvalue weighted by atomic mass is 9.81. The number of rotatable bonds is 6. The Hall–Kier alpha value is -2.64. The molecule has 162 valence electrons. The number of aromatic nitrogens is 3. The Bertz CT molecular complexity index is 1110. The summed E-state index contributed by atoms with van der Waals surface area (Å²) in [5.41, 5.74) is 9.10. The molecule has 6 rings (SSSR count). The number of aliphatic hydroxyl groups excluding tert-OH is 1. The monoisotopic (exact) mass is 420 g/mol. The first kappa shape index (κ1) is 19.1. The molecule has 1 aliphatic carbocycles. The Balaban J connectivity index is 1.31. The van der Waals surface area contributed by atoms with Crippen molar-refractivity contribution < 1.29 is 14.6 Å². The van der Waals surface area contributed by atoms with Gasteiger partial charge in [-0.15, -0.1) is 0 Å². The van der Waals surface area contributed by atoms with E-state index in [9.17, 15) is 5.11 Å². The Morgan fingerprint density at radius 2 is 2.06 bits per heavy atom. The fraction of sp³-hybridized carbons (Fsp3) is 0.500. The van der Waals surface area contributed by atoms with Crippen molar-refractivity contribution in [1.29, 1.82) is 0 Å². The Kier molecular flexibility index (Phi) is 4.43. The van der Waals surface area contributed by atoms with Crippen molar-refractivity contribution in [3.8, 4) is 16.9 Å². The molecule has 7 heteroatoms. The van der Waals surface area contributed by atoms with E-state index >= 15 is 0 Å². The summed E-state index contributed by atoms with van der Waals surface area (Å²) in [6, 6.07) is 8.49. The summed E-state index contributed by atoms with van der Waals surface area (Å²) in [5.74, 6) is 1.69. The van der Waals surface area contributed by atoms with Crippen molar-refractivity contribution in [1.82, 2.24) is 14.5 Å². The van der Waals surface area contributed by atoms with Crippen LogP contribution >= 0.6 is 0 Å². The van der Waals surface area contributed by atoms with Gasteiger partial charge in [0.1, 0.15) is 35.7 Å². The van der Waals surface area contributed by atoms with Crippen LogP contribution in [0.4, 0.5) is 5.82 Å². The maximum atomic E-state index is 9.41. The number of hydrogen-bond donors (Lipinski definition) is 2. The smallest absolute Gasteiger partial charge is 0.146 e. The maximum Gasteiger partial charge on any atom is 0.146 e. The van der Waals surface area contributed by atoms with Crippen molar-refractivity contribution >= 4 is 16.9 Å². The second-order valence-corrected chi connectivity index (χ2v) is 9.40. The van der Waals surface area contributed by atoms with Gasteiger partial charge in [0.25, 0.3) is 0 Å². The molecule has 4 heterocycles. The molecule has 2 aromatic heterocycles. The molecule has 3 fully saturated rings. The molecule has 3 aromatic rings. The first-order valence-corrected chi connectivity index (χ1v) is 11.3. The summed E-state index contributed by atoms with van der Waals surface area (Å²) in [6.45, 7) is 0.843. The number of ether oxygens (including phenoxy) is 2. The Morgan fingerprint density at radius 3 is 2.81 bits per heavy atom. The zero-order valence-electron chi connectivity index (χ0n) is 17.5. The van der Waals surface area contributed by atoms with Gasteiger partial charge in [-0.05, 0) is 62.1 Å². The van der Waals surface area contributed by atoms with Gasteiger partial charge in [-0.2, -0.15) is 0 Å². The van der Waals surface area contributed by atoms with Crippen LogP contribution < -0.4 is 10.5 Å². The molecule has 3 N–H and O–H groups in total. The summed E-state index contributed by atoms with van der Waals surface area (Å²) in [7, 11) is 0. The largest absolute Gasteiger partial charge is 0.491 e. The minimum atomic E-state index is -0.0948. The minimum absolute atomic E-state index is 0.0948. The van der Waals surface area contributed by atoms with Gasteiger partial charge in [0.15, 0.2) is 0 Å². The molecular weight excluding hydrogens is 392 g/mol. The van der Waals surface area contributed by atoms with Crippen LogP contribution in [-0.2, 0) is 4.74 Å². The first-order chi connectivity index (χ1) is 15.1. The van der Waals surface area contributed by atoms with Crippen LogP contribution in [0, 0.1) is 5.92 Å². The normalized spacial score (nSPS) is 29.4. The number of nitrogens with zero attached hydrogens (tertiary/aromatic N) is 3. The maximum absolute atomic E-state index is 9.41. The predicted octanol–water partition coefficient (Wildman–Crippen LogP) is 3.71. The first-order valence-electron chi connectivity index (χ1n) is 11.3. The number of fused-ring (bicyclic) bond motifs is 3. The van der Waals surface area contributed by atoms with Gasteiger partial charge in [-0.25, -0.2) is 9.97 Å². The average Bonchev–Trinajstić information content (AvgIpc) is 3.46. The van der Waals surface area contributed by atoms with Crippen LogP contribution in [0.1, 0.15) is 44.6 Å². The van der Waals surface area contributed by atoms with E-state index in [2.05, 4.69) is 32.9 Å². The van der Waals surface area contributed by atoms with Gasteiger partial charge in [0.2, 0.25) is 0 Å². The number of anilines is 1. The second kappa shape index (κ2) is 7.21. The summed E-state index contributed by atoms with van der Waals surface area (Å²) >= 11 is 0. The third kappa shape index (κ3) is 3.18. The van der Waals surface area contributed by atoms with Gasteiger partial charge < -0.3 is 24.9 Å². The van der Waals surface area contributed by atoms with E-state index in [0.29, 0.717) is 30.5 Å². The van der Waals surface area contributed by atoms with Gasteiger partial charge in [-0.1, -0.05) is 12.1 Å². The number of hydrogen-bond acceptors (Lipinski definition) is 6. The summed E-state index contributed by atoms with van der Waals surface area (Å²) in [5, 5.41) is 10.3. The molecule has 0 amide bonds. The van der Waals surface area contributed by atoms with Crippen molar-refractivity contribution in [3.05, 3.63) is 36.8 Å². The Labute approximate surface area is 181 Å². The van der Waals surface area contributed by atoms with E-state index in [-0.39, 0.29) is 12.2 Å².